The third-order valence-electron chi connectivity index (χ3n) is 5.37. The first-order chi connectivity index (χ1) is 16.4. The first-order valence-corrected chi connectivity index (χ1v) is 11.4. The van der Waals surface area contributed by atoms with Gasteiger partial charge < -0.3 is 25.5 Å². The number of para-hydroxylation sites is 1. The van der Waals surface area contributed by atoms with E-state index in [1.54, 1.807) is 24.3 Å². The van der Waals surface area contributed by atoms with E-state index in [2.05, 4.69) is 16.0 Å². The third-order valence-corrected chi connectivity index (χ3v) is 5.37. The molecule has 0 radical (unpaired) electrons. The minimum atomic E-state index is -0.933. The number of carbonyl (C=O) groups is 4. The van der Waals surface area contributed by atoms with E-state index in [0.29, 0.717) is 24.0 Å². The molecular weight excluding hydrogens is 434 g/mol. The predicted octanol–water partition coefficient (Wildman–Crippen LogP) is 2.41. The van der Waals surface area contributed by atoms with Crippen LogP contribution in [0, 0.1) is 0 Å². The van der Waals surface area contributed by atoms with Gasteiger partial charge in [0.25, 0.3) is 5.91 Å². The number of hydrogen-bond acceptors (Lipinski definition) is 5. The summed E-state index contributed by atoms with van der Waals surface area (Å²) in [6, 6.07) is 13.6. The maximum absolute atomic E-state index is 13.1. The Hall–Kier alpha value is -3.68. The first kappa shape index (κ1) is 26.6. The van der Waals surface area contributed by atoms with Gasteiger partial charge in [-0.05, 0) is 31.0 Å². The predicted molar refractivity (Wildman–Crippen MR) is 130 cm³/mol. The van der Waals surface area contributed by atoms with E-state index >= 15 is 0 Å². The van der Waals surface area contributed by atoms with Crippen molar-refractivity contribution in [1.82, 2.24) is 16.0 Å². The van der Waals surface area contributed by atoms with Crippen LogP contribution in [0.2, 0.25) is 0 Å². The van der Waals surface area contributed by atoms with Gasteiger partial charge in [-0.25, -0.2) is 0 Å². The summed E-state index contributed by atoms with van der Waals surface area (Å²) in [5.41, 5.74) is 1.15. The van der Waals surface area contributed by atoms with E-state index in [1.165, 1.54) is 14.0 Å². The van der Waals surface area contributed by atoms with Crippen LogP contribution in [0.1, 0.15) is 49.0 Å². The lowest BCUT2D eigenvalue weighted by Gasteiger charge is -2.22. The molecule has 1 unspecified atom stereocenters. The molecule has 0 aliphatic rings. The maximum atomic E-state index is 13.1. The highest BCUT2D eigenvalue weighted by atomic mass is 16.5. The zero-order valence-electron chi connectivity index (χ0n) is 19.9. The van der Waals surface area contributed by atoms with Gasteiger partial charge in [-0.2, -0.15) is 0 Å². The van der Waals surface area contributed by atoms with Crippen LogP contribution in [0.5, 0.6) is 5.75 Å². The molecule has 8 nitrogen and oxygen atoms in total. The van der Waals surface area contributed by atoms with Gasteiger partial charge in [0.05, 0.1) is 18.7 Å². The minimum absolute atomic E-state index is 0.232. The summed E-state index contributed by atoms with van der Waals surface area (Å²) in [5, 5.41) is 8.07. The number of methoxy groups -OCH3 is 1. The number of carbonyl (C=O) groups excluding carboxylic acids is 4. The molecule has 182 valence electrons. The lowest BCUT2D eigenvalue weighted by atomic mass is 10.0. The minimum Gasteiger partial charge on any atom is -0.496 e. The molecule has 34 heavy (non-hydrogen) atoms. The molecule has 0 aromatic heterocycles. The Morgan fingerprint density at radius 1 is 0.941 bits per heavy atom. The van der Waals surface area contributed by atoms with Crippen LogP contribution in [0.4, 0.5) is 0 Å². The summed E-state index contributed by atoms with van der Waals surface area (Å²) >= 11 is 0. The fraction of sp³-hybridized carbons (Fsp3) is 0.385. The highest BCUT2D eigenvalue weighted by molar-refractivity contribution is 6.00. The molecule has 3 atom stereocenters. The van der Waals surface area contributed by atoms with Crippen molar-refractivity contribution in [2.45, 2.75) is 57.7 Å². The Morgan fingerprint density at radius 2 is 1.62 bits per heavy atom. The van der Waals surface area contributed by atoms with Crippen molar-refractivity contribution in [1.29, 1.82) is 0 Å². The Balaban J connectivity index is 2.13. The van der Waals surface area contributed by atoms with E-state index in [0.717, 1.165) is 18.4 Å². The van der Waals surface area contributed by atoms with Crippen molar-refractivity contribution >= 4 is 24.0 Å². The number of hydrogen-bond donors (Lipinski definition) is 3. The highest BCUT2D eigenvalue weighted by Gasteiger charge is 2.26. The molecule has 3 amide bonds. The Labute approximate surface area is 200 Å². The Morgan fingerprint density at radius 3 is 2.26 bits per heavy atom. The number of nitrogens with one attached hydrogen (secondary N) is 3. The molecule has 0 aliphatic carbocycles. The van der Waals surface area contributed by atoms with Crippen molar-refractivity contribution in [3.8, 4) is 5.75 Å². The van der Waals surface area contributed by atoms with E-state index in [1.807, 2.05) is 37.3 Å². The van der Waals surface area contributed by atoms with Crippen LogP contribution in [0.25, 0.3) is 0 Å². The smallest absolute Gasteiger partial charge is 0.255 e. The molecule has 8 heteroatoms. The quantitative estimate of drug-likeness (QED) is 0.392. The standard InChI is InChI=1S/C26H33N3O5/c1-4-5-13-20(17-30)28-24(31)18(2)27-26(33)22(16-19-11-7-6-8-12-19)29-25(32)21-14-9-10-15-23(21)34-3/h6-12,14-15,17-18,20,22H,4-5,13,16H2,1-3H3,(H,27,33)(H,28,31)(H,29,32)/t18-,20?,22-/m0/s1. The second-order valence-corrected chi connectivity index (χ2v) is 8.04. The van der Waals surface area contributed by atoms with Crippen LogP contribution in [0.15, 0.2) is 54.6 Å². The zero-order valence-corrected chi connectivity index (χ0v) is 19.9. The monoisotopic (exact) mass is 467 g/mol. The Kier molecular flexibility index (Phi) is 10.8. The number of benzene rings is 2. The third kappa shape index (κ3) is 8.03. The zero-order chi connectivity index (χ0) is 24.9. The van der Waals surface area contributed by atoms with Gasteiger partial charge in [0.2, 0.25) is 11.8 Å². The lowest BCUT2D eigenvalue weighted by Crippen LogP contribution is -2.54. The van der Waals surface area contributed by atoms with Crippen LogP contribution >= 0.6 is 0 Å². The molecule has 0 fully saturated rings. The maximum Gasteiger partial charge on any atom is 0.255 e. The fourth-order valence-electron chi connectivity index (χ4n) is 3.41. The highest BCUT2D eigenvalue weighted by Crippen LogP contribution is 2.17. The number of ether oxygens (including phenoxy) is 1. The van der Waals surface area contributed by atoms with E-state index in [-0.39, 0.29) is 6.42 Å². The molecule has 0 saturated carbocycles. The summed E-state index contributed by atoms with van der Waals surface area (Å²) in [5.74, 6) is -1.05. The van der Waals surface area contributed by atoms with Crippen LogP contribution in [-0.4, -0.2) is 49.2 Å². The largest absolute Gasteiger partial charge is 0.496 e. The van der Waals surface area contributed by atoms with Gasteiger partial charge >= 0.3 is 0 Å². The summed E-state index contributed by atoms with van der Waals surface area (Å²) in [7, 11) is 1.47. The summed E-state index contributed by atoms with van der Waals surface area (Å²) < 4.78 is 5.26. The van der Waals surface area contributed by atoms with Crippen molar-refractivity contribution in [3.63, 3.8) is 0 Å². The molecule has 2 aromatic carbocycles. The molecule has 0 saturated heterocycles. The van der Waals surface area contributed by atoms with E-state index < -0.39 is 35.8 Å². The Bertz CT molecular complexity index is 964. The van der Waals surface area contributed by atoms with Crippen LogP contribution in [-0.2, 0) is 20.8 Å². The second kappa shape index (κ2) is 13.8. The molecule has 0 spiro atoms. The van der Waals surface area contributed by atoms with Gasteiger partial charge in [0.1, 0.15) is 24.1 Å². The topological polar surface area (TPSA) is 114 Å². The van der Waals surface area contributed by atoms with Gasteiger partial charge in [0, 0.05) is 6.42 Å². The number of rotatable bonds is 13. The van der Waals surface area contributed by atoms with E-state index in [4.69, 9.17) is 4.74 Å². The molecule has 0 bridgehead atoms. The van der Waals surface area contributed by atoms with E-state index in [9.17, 15) is 19.2 Å². The lowest BCUT2D eigenvalue weighted by molar-refractivity contribution is -0.130. The number of amides is 3. The first-order valence-electron chi connectivity index (χ1n) is 11.4. The summed E-state index contributed by atoms with van der Waals surface area (Å²) in [4.78, 5) is 49.8. The molecule has 2 aromatic rings. The van der Waals surface area contributed by atoms with Crippen molar-refractivity contribution in [2.75, 3.05) is 7.11 Å². The van der Waals surface area contributed by atoms with Crippen molar-refractivity contribution in [2.24, 2.45) is 0 Å². The van der Waals surface area contributed by atoms with Gasteiger partial charge in [-0.15, -0.1) is 0 Å². The molecule has 3 N–H and O–H groups in total. The molecule has 0 heterocycles. The van der Waals surface area contributed by atoms with Crippen molar-refractivity contribution in [3.05, 3.63) is 65.7 Å². The molecular formula is C26H33N3O5. The number of aldehydes is 1. The normalized spacial score (nSPS) is 13.1. The molecule has 2 rings (SSSR count). The second-order valence-electron chi connectivity index (χ2n) is 8.04. The average Bonchev–Trinajstić information content (AvgIpc) is 2.86. The van der Waals surface area contributed by atoms with Gasteiger partial charge in [-0.3, -0.25) is 14.4 Å². The van der Waals surface area contributed by atoms with Crippen molar-refractivity contribution < 1.29 is 23.9 Å². The van der Waals surface area contributed by atoms with Crippen LogP contribution in [0.3, 0.4) is 0 Å². The molecule has 0 aliphatic heterocycles. The number of unbranched alkanes of at least 4 members (excludes halogenated alkanes) is 1. The van der Waals surface area contributed by atoms with Gasteiger partial charge in [-0.1, -0.05) is 62.2 Å². The van der Waals surface area contributed by atoms with Crippen LogP contribution < -0.4 is 20.7 Å². The SMILES string of the molecule is CCCCC(C=O)NC(=O)[C@H](C)NC(=O)[C@H](Cc1ccccc1)NC(=O)c1ccccc1OC. The summed E-state index contributed by atoms with van der Waals surface area (Å²) in [6.07, 6.45) is 3.18. The summed E-state index contributed by atoms with van der Waals surface area (Å²) in [6.45, 7) is 3.54. The fourth-order valence-corrected chi connectivity index (χ4v) is 3.41. The average molecular weight is 468 g/mol. The van der Waals surface area contributed by atoms with Gasteiger partial charge in [0.15, 0.2) is 0 Å².